The minimum absolute atomic E-state index is 0.0739. The molecule has 2 rings (SSSR count). The molecule has 0 saturated heterocycles. The van der Waals surface area contributed by atoms with E-state index in [1.54, 1.807) is 4.72 Å². The molecule has 0 aromatic carbocycles. The third kappa shape index (κ3) is 3.95. The molecule has 0 unspecified atom stereocenters. The molecule has 1 aliphatic rings. The van der Waals surface area contributed by atoms with Crippen molar-refractivity contribution in [3.05, 3.63) is 18.0 Å². The predicted octanol–water partition coefficient (Wildman–Crippen LogP) is 2.22. The van der Waals surface area contributed by atoms with E-state index in [0.717, 1.165) is 0 Å². The van der Waals surface area contributed by atoms with Gasteiger partial charge in [-0.2, -0.15) is 13.2 Å². The van der Waals surface area contributed by atoms with E-state index in [-0.39, 0.29) is 5.69 Å². The summed E-state index contributed by atoms with van der Waals surface area (Å²) < 4.78 is 68.9. The van der Waals surface area contributed by atoms with Crippen LogP contribution in [0.4, 0.5) is 13.2 Å². The van der Waals surface area contributed by atoms with Gasteiger partial charge in [-0.25, -0.2) is 13.1 Å². The van der Waals surface area contributed by atoms with Crippen LogP contribution < -0.4 is 4.72 Å². The van der Waals surface area contributed by atoms with Crippen LogP contribution in [0, 0.1) is 5.92 Å². The summed E-state index contributed by atoms with van der Waals surface area (Å²) in [4.78, 5) is 0. The van der Waals surface area contributed by atoms with Crippen LogP contribution in [0.3, 0.4) is 0 Å². The van der Waals surface area contributed by atoms with E-state index in [1.807, 2.05) is 0 Å². The molecule has 1 saturated carbocycles. The van der Waals surface area contributed by atoms with E-state index in [1.165, 1.54) is 12.3 Å². The van der Waals surface area contributed by atoms with Crippen LogP contribution in [0.5, 0.6) is 0 Å². The lowest BCUT2D eigenvalue weighted by Crippen LogP contribution is -2.49. The highest BCUT2D eigenvalue weighted by molar-refractivity contribution is 7.88. The second-order valence-electron chi connectivity index (χ2n) is 4.93. The summed E-state index contributed by atoms with van der Waals surface area (Å²) >= 11 is 0. The van der Waals surface area contributed by atoms with Crippen molar-refractivity contribution < 1.29 is 26.1 Å². The lowest BCUT2D eigenvalue weighted by atomic mass is 9.99. The van der Waals surface area contributed by atoms with Gasteiger partial charge in [0.05, 0.1) is 5.69 Å². The molecule has 114 valence electrons. The zero-order valence-electron chi connectivity index (χ0n) is 10.6. The first-order chi connectivity index (χ1) is 9.28. The molecule has 0 radical (unpaired) electrons. The van der Waals surface area contributed by atoms with Crippen LogP contribution in [0.15, 0.2) is 16.9 Å². The maximum absolute atomic E-state index is 13.0. The molecule has 1 aromatic heterocycles. The Kier molecular flexibility index (Phi) is 4.38. The summed E-state index contributed by atoms with van der Waals surface area (Å²) in [6.07, 6.45) is -1.26. The maximum atomic E-state index is 13.0. The van der Waals surface area contributed by atoms with Crippen molar-refractivity contribution in [3.63, 3.8) is 0 Å². The third-order valence-electron chi connectivity index (χ3n) is 3.36. The van der Waals surface area contributed by atoms with Crippen molar-refractivity contribution in [2.24, 2.45) is 5.92 Å². The average Bonchev–Trinajstić information content (AvgIpc) is 2.95. The van der Waals surface area contributed by atoms with Crippen molar-refractivity contribution in [2.75, 3.05) is 0 Å². The van der Waals surface area contributed by atoms with Crippen LogP contribution in [-0.2, 0) is 15.8 Å². The number of rotatable bonds is 5. The van der Waals surface area contributed by atoms with Crippen molar-refractivity contribution in [1.82, 2.24) is 9.88 Å². The predicted molar refractivity (Wildman–Crippen MR) is 64.1 cm³/mol. The first-order valence-corrected chi connectivity index (χ1v) is 7.89. The largest absolute Gasteiger partial charge is 0.405 e. The summed E-state index contributed by atoms with van der Waals surface area (Å²) in [6, 6.07) is -0.723. The van der Waals surface area contributed by atoms with Gasteiger partial charge in [0.1, 0.15) is 18.1 Å². The van der Waals surface area contributed by atoms with Gasteiger partial charge < -0.3 is 4.52 Å². The zero-order valence-corrected chi connectivity index (χ0v) is 11.4. The second kappa shape index (κ2) is 5.72. The molecule has 0 aliphatic heterocycles. The number of alkyl halides is 3. The van der Waals surface area contributed by atoms with Gasteiger partial charge in [0.15, 0.2) is 0 Å². The molecule has 0 bridgehead atoms. The quantitative estimate of drug-likeness (QED) is 0.905. The summed E-state index contributed by atoms with van der Waals surface area (Å²) in [7, 11) is -4.12. The normalized spacial score (nSPS) is 19.4. The van der Waals surface area contributed by atoms with Crippen LogP contribution >= 0.6 is 0 Å². The summed E-state index contributed by atoms with van der Waals surface area (Å²) in [5, 5.41) is 3.39. The number of aromatic nitrogens is 1. The van der Waals surface area contributed by atoms with Crippen LogP contribution in [0.25, 0.3) is 0 Å². The number of nitrogens with zero attached hydrogens (tertiary/aromatic N) is 1. The SMILES string of the molecule is O=S(=O)(Cc1ccon1)N[C@@H](C1CCCC1)C(F)(F)F. The summed E-state index contributed by atoms with van der Waals surface area (Å²) in [5.41, 5.74) is 0.0739. The highest BCUT2D eigenvalue weighted by Gasteiger charge is 2.47. The Hall–Kier alpha value is -1.09. The van der Waals surface area contributed by atoms with Gasteiger partial charge in [0, 0.05) is 6.07 Å². The molecule has 1 aromatic rings. The Labute approximate surface area is 114 Å². The Bertz CT molecular complexity index is 522. The molecule has 1 fully saturated rings. The van der Waals surface area contributed by atoms with Crippen molar-refractivity contribution in [3.8, 4) is 0 Å². The lowest BCUT2D eigenvalue weighted by Gasteiger charge is -2.26. The van der Waals surface area contributed by atoms with Crippen molar-refractivity contribution in [1.29, 1.82) is 0 Å². The fourth-order valence-electron chi connectivity index (χ4n) is 2.46. The number of hydrogen-bond acceptors (Lipinski definition) is 4. The van der Waals surface area contributed by atoms with Gasteiger partial charge in [-0.1, -0.05) is 18.0 Å². The van der Waals surface area contributed by atoms with E-state index >= 15 is 0 Å². The number of nitrogens with one attached hydrogen (secondary N) is 1. The van der Waals surface area contributed by atoms with Gasteiger partial charge in [-0.15, -0.1) is 0 Å². The van der Waals surface area contributed by atoms with E-state index < -0.39 is 33.9 Å². The van der Waals surface area contributed by atoms with Crippen LogP contribution in [0.2, 0.25) is 0 Å². The fraction of sp³-hybridized carbons (Fsp3) is 0.727. The topological polar surface area (TPSA) is 72.2 Å². The Morgan fingerprint density at radius 2 is 2.05 bits per heavy atom. The van der Waals surface area contributed by atoms with E-state index in [2.05, 4.69) is 9.68 Å². The summed E-state index contributed by atoms with van der Waals surface area (Å²) in [5.74, 6) is -1.31. The molecule has 1 atom stereocenters. The van der Waals surface area contributed by atoms with E-state index in [0.29, 0.717) is 25.7 Å². The smallest absolute Gasteiger partial charge is 0.364 e. The molecule has 20 heavy (non-hydrogen) atoms. The van der Waals surface area contributed by atoms with Crippen LogP contribution in [-0.4, -0.2) is 25.8 Å². The standard InChI is InChI=1S/C11H15F3N2O3S/c12-11(13,14)10(8-3-1-2-4-8)16-20(17,18)7-9-5-6-19-15-9/h5-6,8,10,16H,1-4,7H2/t10-/m0/s1. The minimum Gasteiger partial charge on any atom is -0.364 e. The van der Waals surface area contributed by atoms with Gasteiger partial charge >= 0.3 is 6.18 Å². The first kappa shape index (κ1) is 15.3. The third-order valence-corrected chi connectivity index (χ3v) is 4.65. The average molecular weight is 312 g/mol. The van der Waals surface area contributed by atoms with Crippen molar-refractivity contribution >= 4 is 10.0 Å². The van der Waals surface area contributed by atoms with Gasteiger partial charge in [0.2, 0.25) is 10.0 Å². The molecule has 0 spiro atoms. The monoisotopic (exact) mass is 312 g/mol. The Balaban J connectivity index is 2.10. The molecule has 5 nitrogen and oxygen atoms in total. The molecule has 1 heterocycles. The van der Waals surface area contributed by atoms with Crippen molar-refractivity contribution in [2.45, 2.75) is 43.7 Å². The first-order valence-electron chi connectivity index (χ1n) is 6.24. The second-order valence-corrected chi connectivity index (χ2v) is 6.69. The lowest BCUT2D eigenvalue weighted by molar-refractivity contribution is -0.162. The van der Waals surface area contributed by atoms with Gasteiger partial charge in [0.25, 0.3) is 0 Å². The highest BCUT2D eigenvalue weighted by atomic mass is 32.2. The fourth-order valence-corrected chi connectivity index (χ4v) is 3.80. The van der Waals surface area contributed by atoms with E-state index in [9.17, 15) is 21.6 Å². The highest BCUT2D eigenvalue weighted by Crippen LogP contribution is 2.36. The zero-order chi connectivity index (χ0) is 14.8. The molecule has 9 heteroatoms. The minimum atomic E-state index is -4.59. The molecule has 0 amide bonds. The van der Waals surface area contributed by atoms with E-state index in [4.69, 9.17) is 0 Å². The molecule has 1 N–H and O–H groups in total. The Morgan fingerprint density at radius 1 is 1.40 bits per heavy atom. The van der Waals surface area contributed by atoms with Gasteiger partial charge in [-0.3, -0.25) is 0 Å². The maximum Gasteiger partial charge on any atom is 0.405 e. The number of hydrogen-bond donors (Lipinski definition) is 1. The number of sulfonamides is 1. The molecule has 1 aliphatic carbocycles. The summed E-state index contributed by atoms with van der Waals surface area (Å²) in [6.45, 7) is 0. The van der Waals surface area contributed by atoms with Gasteiger partial charge in [-0.05, 0) is 18.8 Å². The molecular weight excluding hydrogens is 297 g/mol. The Morgan fingerprint density at radius 3 is 2.55 bits per heavy atom. The van der Waals surface area contributed by atoms with Crippen LogP contribution in [0.1, 0.15) is 31.4 Å². The number of halogens is 3. The molecular formula is C11H15F3N2O3S.